The highest BCUT2D eigenvalue weighted by Gasteiger charge is 2.34. The lowest BCUT2D eigenvalue weighted by atomic mass is 10.0. The summed E-state index contributed by atoms with van der Waals surface area (Å²) in [5, 5.41) is 10.2. The number of aryl methyl sites for hydroxylation is 1. The molecular formula is C19H25FN4O2. The van der Waals surface area contributed by atoms with E-state index < -0.39 is 0 Å². The lowest BCUT2D eigenvalue weighted by Crippen LogP contribution is -2.31. The number of nitrogens with zero attached hydrogens (tertiary/aromatic N) is 2. The number of pyridine rings is 1. The van der Waals surface area contributed by atoms with E-state index in [2.05, 4.69) is 0 Å². The molecule has 140 valence electrons. The van der Waals surface area contributed by atoms with Crippen molar-refractivity contribution in [2.24, 2.45) is 17.4 Å². The molecule has 2 heterocycles. The van der Waals surface area contributed by atoms with Crippen molar-refractivity contribution in [1.29, 1.82) is 0 Å². The van der Waals surface area contributed by atoms with Gasteiger partial charge in [0.25, 0.3) is 5.56 Å². The molecule has 1 saturated heterocycles. The molecule has 0 bridgehead atoms. The number of aliphatic hydroxyl groups is 1. The molecule has 5 N–H and O–H groups in total. The van der Waals surface area contributed by atoms with Crippen LogP contribution in [0, 0.1) is 18.7 Å². The minimum atomic E-state index is -0.337. The molecule has 2 atom stereocenters. The van der Waals surface area contributed by atoms with Crippen molar-refractivity contribution >= 4 is 16.6 Å². The van der Waals surface area contributed by atoms with Gasteiger partial charge < -0.3 is 26.0 Å². The van der Waals surface area contributed by atoms with Crippen molar-refractivity contribution in [3.63, 3.8) is 0 Å². The molecule has 1 aliphatic carbocycles. The Kier molecular flexibility index (Phi) is 4.25. The molecule has 2 fully saturated rings. The Labute approximate surface area is 151 Å². The summed E-state index contributed by atoms with van der Waals surface area (Å²) < 4.78 is 16.9. The van der Waals surface area contributed by atoms with Crippen molar-refractivity contribution in [1.82, 2.24) is 4.57 Å². The lowest BCUT2D eigenvalue weighted by molar-refractivity contribution is 0.228. The number of aromatic nitrogens is 1. The Balaban J connectivity index is 1.96. The molecule has 0 unspecified atom stereocenters. The maximum absolute atomic E-state index is 15.1. The Morgan fingerprint density at radius 2 is 2.04 bits per heavy atom. The second-order valence-electron chi connectivity index (χ2n) is 7.55. The van der Waals surface area contributed by atoms with E-state index in [4.69, 9.17) is 11.5 Å². The second-order valence-corrected chi connectivity index (χ2v) is 7.55. The third-order valence-corrected chi connectivity index (χ3v) is 5.76. The van der Waals surface area contributed by atoms with Crippen LogP contribution < -0.4 is 21.9 Å². The molecule has 1 aliphatic heterocycles. The van der Waals surface area contributed by atoms with Gasteiger partial charge in [0.2, 0.25) is 0 Å². The number of rotatable bonds is 4. The predicted molar refractivity (Wildman–Crippen MR) is 99.8 cm³/mol. The average Bonchev–Trinajstić information content (AvgIpc) is 3.37. The Morgan fingerprint density at radius 1 is 1.31 bits per heavy atom. The zero-order valence-electron chi connectivity index (χ0n) is 14.9. The molecule has 26 heavy (non-hydrogen) atoms. The first kappa shape index (κ1) is 17.5. The Morgan fingerprint density at radius 3 is 2.62 bits per heavy atom. The van der Waals surface area contributed by atoms with Crippen molar-refractivity contribution in [3.8, 4) is 0 Å². The van der Waals surface area contributed by atoms with Gasteiger partial charge in [-0.3, -0.25) is 4.79 Å². The van der Waals surface area contributed by atoms with E-state index >= 15 is 4.39 Å². The van der Waals surface area contributed by atoms with Gasteiger partial charge in [-0.2, -0.15) is 0 Å². The highest BCUT2D eigenvalue weighted by Crippen LogP contribution is 2.40. The summed E-state index contributed by atoms with van der Waals surface area (Å²) in [7, 11) is 0. The van der Waals surface area contributed by atoms with Crippen molar-refractivity contribution in [3.05, 3.63) is 39.4 Å². The van der Waals surface area contributed by atoms with Gasteiger partial charge in [-0.15, -0.1) is 0 Å². The molecule has 2 aromatic rings. The van der Waals surface area contributed by atoms with Crippen LogP contribution in [0.25, 0.3) is 10.9 Å². The number of aliphatic hydroxyl groups excluding tert-OH is 1. The topological polar surface area (TPSA) is 97.5 Å². The van der Waals surface area contributed by atoms with E-state index in [0.29, 0.717) is 29.7 Å². The zero-order chi connectivity index (χ0) is 18.6. The van der Waals surface area contributed by atoms with Crippen LogP contribution in [0.4, 0.5) is 10.1 Å². The standard InChI is InChI=1S/C19H25FN4O2/c1-10-18-14(11(6-21)4-17(26)24(18)13-2-3-13)5-15(20)19(10)23-7-12(9-25)16(22)8-23/h4-5,12-13,16,25H,2-3,6-9,21-22H2,1H3/t12-,16+/m0/s1. The third-order valence-electron chi connectivity index (χ3n) is 5.76. The van der Waals surface area contributed by atoms with Crippen LogP contribution in [0.2, 0.25) is 0 Å². The lowest BCUT2D eigenvalue weighted by Gasteiger charge is -2.24. The van der Waals surface area contributed by atoms with Crippen LogP contribution in [0.3, 0.4) is 0 Å². The normalized spacial score (nSPS) is 23.2. The Hall–Kier alpha value is -1.96. The minimum absolute atomic E-state index is 0.0178. The quantitative estimate of drug-likeness (QED) is 0.756. The largest absolute Gasteiger partial charge is 0.396 e. The zero-order valence-corrected chi connectivity index (χ0v) is 14.9. The summed E-state index contributed by atoms with van der Waals surface area (Å²) in [4.78, 5) is 14.6. The smallest absolute Gasteiger partial charge is 0.251 e. The molecule has 4 rings (SSSR count). The SMILES string of the molecule is Cc1c(N2C[C@@H](CO)[C@H](N)C2)c(F)cc2c(CN)cc(=O)n(C3CC3)c12. The van der Waals surface area contributed by atoms with Gasteiger partial charge in [-0.25, -0.2) is 4.39 Å². The number of hydrogen-bond acceptors (Lipinski definition) is 5. The monoisotopic (exact) mass is 360 g/mol. The first-order chi connectivity index (χ1) is 12.5. The molecule has 6 nitrogen and oxygen atoms in total. The van der Waals surface area contributed by atoms with Gasteiger partial charge >= 0.3 is 0 Å². The maximum atomic E-state index is 15.1. The fourth-order valence-electron chi connectivity index (χ4n) is 4.24. The van der Waals surface area contributed by atoms with E-state index in [1.807, 2.05) is 11.8 Å². The minimum Gasteiger partial charge on any atom is -0.396 e. The highest BCUT2D eigenvalue weighted by atomic mass is 19.1. The molecular weight excluding hydrogens is 335 g/mol. The molecule has 1 saturated carbocycles. The van der Waals surface area contributed by atoms with Gasteiger partial charge in [-0.05, 0) is 37.0 Å². The molecule has 0 amide bonds. The van der Waals surface area contributed by atoms with Crippen molar-refractivity contribution < 1.29 is 9.50 Å². The first-order valence-electron chi connectivity index (χ1n) is 9.15. The van der Waals surface area contributed by atoms with Crippen LogP contribution in [0.1, 0.15) is 30.0 Å². The molecule has 1 aromatic carbocycles. The number of hydrogen-bond donors (Lipinski definition) is 3. The van der Waals surface area contributed by atoms with Crippen LogP contribution >= 0.6 is 0 Å². The van der Waals surface area contributed by atoms with Crippen LogP contribution in [0.5, 0.6) is 0 Å². The Bertz CT molecular complexity index is 922. The summed E-state index contributed by atoms with van der Waals surface area (Å²) in [5.74, 6) is -0.415. The molecule has 2 aliphatic rings. The number of anilines is 1. The fourth-order valence-corrected chi connectivity index (χ4v) is 4.24. The number of benzene rings is 1. The third kappa shape index (κ3) is 2.62. The van der Waals surface area contributed by atoms with Crippen LogP contribution in [0.15, 0.2) is 16.9 Å². The van der Waals surface area contributed by atoms with Gasteiger partial charge in [0.15, 0.2) is 0 Å². The van der Waals surface area contributed by atoms with E-state index in [9.17, 15) is 9.90 Å². The molecule has 0 spiro atoms. The summed E-state index contributed by atoms with van der Waals surface area (Å²) >= 11 is 0. The molecule has 7 heteroatoms. The van der Waals surface area contributed by atoms with Crippen molar-refractivity contribution in [2.45, 2.75) is 38.4 Å². The van der Waals surface area contributed by atoms with Gasteiger partial charge in [0.1, 0.15) is 5.82 Å². The number of fused-ring (bicyclic) bond motifs is 1. The van der Waals surface area contributed by atoms with E-state index in [0.717, 1.165) is 23.9 Å². The van der Waals surface area contributed by atoms with Gasteiger partial charge in [0.05, 0.1) is 11.2 Å². The van der Waals surface area contributed by atoms with Crippen LogP contribution in [-0.2, 0) is 6.54 Å². The van der Waals surface area contributed by atoms with E-state index in [1.165, 1.54) is 12.1 Å². The summed E-state index contributed by atoms with van der Waals surface area (Å²) in [6.07, 6.45) is 1.93. The van der Waals surface area contributed by atoms with Gasteiger partial charge in [0, 0.05) is 55.7 Å². The average molecular weight is 360 g/mol. The maximum Gasteiger partial charge on any atom is 0.251 e. The summed E-state index contributed by atoms with van der Waals surface area (Å²) in [6, 6.07) is 3.01. The van der Waals surface area contributed by atoms with Crippen LogP contribution in [-0.4, -0.2) is 35.4 Å². The first-order valence-corrected chi connectivity index (χ1v) is 9.15. The summed E-state index contributed by atoms with van der Waals surface area (Å²) in [6.45, 7) is 3.02. The van der Waals surface area contributed by atoms with E-state index in [-0.39, 0.29) is 42.5 Å². The molecule has 0 radical (unpaired) electrons. The second kappa shape index (κ2) is 6.33. The number of nitrogens with two attached hydrogens (primary N) is 2. The summed E-state index contributed by atoms with van der Waals surface area (Å²) in [5.41, 5.74) is 14.5. The predicted octanol–water partition coefficient (Wildman–Crippen LogP) is 0.998. The van der Waals surface area contributed by atoms with Crippen molar-refractivity contribution in [2.75, 3.05) is 24.6 Å². The molecule has 1 aromatic heterocycles. The number of halogens is 1. The van der Waals surface area contributed by atoms with Gasteiger partial charge in [-0.1, -0.05) is 0 Å². The highest BCUT2D eigenvalue weighted by molar-refractivity contribution is 5.90. The fraction of sp³-hybridized carbons (Fsp3) is 0.526. The van der Waals surface area contributed by atoms with E-state index in [1.54, 1.807) is 4.57 Å².